The molecule has 26 heavy (non-hydrogen) atoms. The van der Waals surface area contributed by atoms with E-state index < -0.39 is 11.1 Å². The first kappa shape index (κ1) is 18.1. The predicted molar refractivity (Wildman–Crippen MR) is 102 cm³/mol. The molecule has 0 fully saturated rings. The number of nitrogens with zero attached hydrogens (tertiary/aromatic N) is 2. The van der Waals surface area contributed by atoms with Crippen LogP contribution >= 0.6 is 11.8 Å². The van der Waals surface area contributed by atoms with Crippen molar-refractivity contribution in [2.45, 2.75) is 23.9 Å². The van der Waals surface area contributed by atoms with Crippen LogP contribution in [-0.2, 0) is 6.54 Å². The van der Waals surface area contributed by atoms with E-state index in [1.54, 1.807) is 31.2 Å². The zero-order chi connectivity index (χ0) is 18.7. The summed E-state index contributed by atoms with van der Waals surface area (Å²) in [6, 6.07) is 12.5. The van der Waals surface area contributed by atoms with Crippen molar-refractivity contribution in [3.8, 4) is 0 Å². The molecule has 0 aliphatic rings. The van der Waals surface area contributed by atoms with Gasteiger partial charge in [0, 0.05) is 12.1 Å². The normalized spacial score (nSPS) is 12.1. The van der Waals surface area contributed by atoms with Crippen LogP contribution in [0.15, 0.2) is 71.1 Å². The summed E-state index contributed by atoms with van der Waals surface area (Å²) in [5, 5.41) is 0.498. The van der Waals surface area contributed by atoms with Gasteiger partial charge in [-0.1, -0.05) is 30.0 Å². The lowest BCUT2D eigenvalue weighted by molar-refractivity contribution is 0.0994. The average molecular weight is 368 g/mol. The minimum absolute atomic E-state index is 0.150. The lowest BCUT2D eigenvalue weighted by Gasteiger charge is -2.15. The average Bonchev–Trinajstić information content (AvgIpc) is 2.65. The Morgan fingerprint density at radius 3 is 2.65 bits per heavy atom. The van der Waals surface area contributed by atoms with Crippen molar-refractivity contribution in [1.29, 1.82) is 0 Å². The van der Waals surface area contributed by atoms with E-state index >= 15 is 0 Å². The number of rotatable bonds is 6. The van der Waals surface area contributed by atoms with Gasteiger partial charge in [-0.15, -0.1) is 6.58 Å². The van der Waals surface area contributed by atoms with Crippen molar-refractivity contribution in [3.05, 3.63) is 82.9 Å². The molecular formula is C20H17FN2O2S. The Hall–Kier alpha value is -2.73. The molecule has 4 nitrogen and oxygen atoms in total. The molecule has 0 N–H and O–H groups in total. The number of halogens is 1. The van der Waals surface area contributed by atoms with Gasteiger partial charge < -0.3 is 0 Å². The second-order valence-electron chi connectivity index (χ2n) is 5.75. The maximum absolute atomic E-state index is 13.1. The van der Waals surface area contributed by atoms with Gasteiger partial charge >= 0.3 is 0 Å². The van der Waals surface area contributed by atoms with Crippen molar-refractivity contribution in [2.24, 2.45) is 0 Å². The molecule has 0 aliphatic heterocycles. The summed E-state index contributed by atoms with van der Waals surface area (Å²) in [6.45, 7) is 5.74. The van der Waals surface area contributed by atoms with Crippen molar-refractivity contribution in [1.82, 2.24) is 9.55 Å². The fourth-order valence-corrected chi connectivity index (χ4v) is 3.58. The second-order valence-corrected chi connectivity index (χ2v) is 7.06. The van der Waals surface area contributed by atoms with E-state index in [1.165, 1.54) is 40.6 Å². The van der Waals surface area contributed by atoms with E-state index in [9.17, 15) is 14.0 Å². The molecule has 1 unspecified atom stereocenters. The largest absolute Gasteiger partial charge is 0.293 e. The summed E-state index contributed by atoms with van der Waals surface area (Å²) in [6.07, 6.45) is 1.62. The molecule has 1 aromatic heterocycles. The lowest BCUT2D eigenvalue weighted by Crippen LogP contribution is -2.24. The Labute approximate surface area is 154 Å². The first-order valence-electron chi connectivity index (χ1n) is 8.08. The van der Waals surface area contributed by atoms with Crippen molar-refractivity contribution in [2.75, 3.05) is 0 Å². The van der Waals surface area contributed by atoms with Crippen LogP contribution in [0.2, 0.25) is 0 Å². The number of carbonyl (C=O) groups is 1. The van der Waals surface area contributed by atoms with Gasteiger partial charge in [0.15, 0.2) is 10.9 Å². The molecule has 0 saturated carbocycles. The van der Waals surface area contributed by atoms with E-state index in [2.05, 4.69) is 11.6 Å². The van der Waals surface area contributed by atoms with Gasteiger partial charge in [0.05, 0.1) is 16.2 Å². The minimum atomic E-state index is -0.482. The standard InChI is InChI=1S/C20H17FN2O2S/c1-3-12-23-19(25)16-6-4-5-7-17(16)22-20(23)26-13(2)18(24)14-8-10-15(21)11-9-14/h3-11,13H,1,12H2,2H3. The third-order valence-electron chi connectivity index (χ3n) is 3.92. The first-order chi connectivity index (χ1) is 12.5. The number of Topliss-reactive ketones (excluding diaryl/α,β-unsaturated/α-hetero) is 1. The predicted octanol–water partition coefficient (Wildman–Crippen LogP) is 4.09. The summed E-state index contributed by atoms with van der Waals surface area (Å²) in [4.78, 5) is 29.9. The monoisotopic (exact) mass is 368 g/mol. The van der Waals surface area contributed by atoms with Gasteiger partial charge in [-0.3, -0.25) is 14.2 Å². The van der Waals surface area contributed by atoms with E-state index in [4.69, 9.17) is 0 Å². The number of fused-ring (bicyclic) bond motifs is 1. The Morgan fingerprint density at radius 1 is 1.27 bits per heavy atom. The molecule has 3 rings (SSSR count). The number of hydrogen-bond acceptors (Lipinski definition) is 4. The van der Waals surface area contributed by atoms with Crippen molar-refractivity contribution < 1.29 is 9.18 Å². The number of aromatic nitrogens is 2. The number of hydrogen-bond donors (Lipinski definition) is 0. The lowest BCUT2D eigenvalue weighted by atomic mass is 10.1. The van der Waals surface area contributed by atoms with Crippen LogP contribution in [0.4, 0.5) is 4.39 Å². The molecule has 2 aromatic carbocycles. The first-order valence-corrected chi connectivity index (χ1v) is 8.96. The van der Waals surface area contributed by atoms with Gasteiger partial charge in [0.2, 0.25) is 0 Å². The highest BCUT2D eigenvalue weighted by Crippen LogP contribution is 2.25. The van der Waals surface area contributed by atoms with Crippen LogP contribution in [0, 0.1) is 5.82 Å². The van der Waals surface area contributed by atoms with Gasteiger partial charge in [0.25, 0.3) is 5.56 Å². The molecule has 1 atom stereocenters. The third-order valence-corrected chi connectivity index (χ3v) is 5.01. The molecule has 0 amide bonds. The smallest absolute Gasteiger partial charge is 0.262 e. The minimum Gasteiger partial charge on any atom is -0.293 e. The molecule has 3 aromatic rings. The zero-order valence-electron chi connectivity index (χ0n) is 14.2. The molecule has 0 bridgehead atoms. The summed E-state index contributed by atoms with van der Waals surface area (Å²) >= 11 is 1.21. The van der Waals surface area contributed by atoms with Crippen LogP contribution < -0.4 is 5.56 Å². The summed E-state index contributed by atoms with van der Waals surface area (Å²) < 4.78 is 14.6. The highest BCUT2D eigenvalue weighted by atomic mass is 32.2. The molecule has 0 radical (unpaired) electrons. The number of para-hydroxylation sites is 1. The van der Waals surface area contributed by atoms with Gasteiger partial charge in [-0.05, 0) is 43.3 Å². The van der Waals surface area contributed by atoms with E-state index in [0.717, 1.165) is 0 Å². The third kappa shape index (κ3) is 3.60. The maximum Gasteiger partial charge on any atom is 0.262 e. The Kier molecular flexibility index (Phi) is 5.32. The van der Waals surface area contributed by atoms with Gasteiger partial charge in [-0.25, -0.2) is 9.37 Å². The topological polar surface area (TPSA) is 52.0 Å². The Morgan fingerprint density at radius 2 is 1.96 bits per heavy atom. The maximum atomic E-state index is 13.1. The Bertz CT molecular complexity index is 1030. The van der Waals surface area contributed by atoms with Crippen LogP contribution in [0.5, 0.6) is 0 Å². The highest BCUT2D eigenvalue weighted by molar-refractivity contribution is 8.00. The SMILES string of the molecule is C=CCn1c(SC(C)C(=O)c2ccc(F)cc2)nc2ccccc2c1=O. The molecule has 6 heteroatoms. The van der Waals surface area contributed by atoms with Crippen molar-refractivity contribution in [3.63, 3.8) is 0 Å². The molecule has 0 aliphatic carbocycles. The highest BCUT2D eigenvalue weighted by Gasteiger charge is 2.20. The number of allylic oxidation sites excluding steroid dienone is 1. The van der Waals surface area contributed by atoms with Crippen molar-refractivity contribution >= 4 is 28.4 Å². The molecule has 0 spiro atoms. The summed E-state index contributed by atoms with van der Waals surface area (Å²) in [5.74, 6) is -0.541. The summed E-state index contributed by atoms with van der Waals surface area (Å²) in [7, 11) is 0. The van der Waals surface area contributed by atoms with E-state index in [-0.39, 0.29) is 11.3 Å². The van der Waals surface area contributed by atoms with Crippen LogP contribution in [0.25, 0.3) is 10.9 Å². The summed E-state index contributed by atoms with van der Waals surface area (Å²) in [5.41, 5.74) is 0.839. The number of thioether (sulfide) groups is 1. The fourth-order valence-electron chi connectivity index (χ4n) is 2.59. The molecular weight excluding hydrogens is 351 g/mol. The Balaban J connectivity index is 1.97. The van der Waals surface area contributed by atoms with E-state index in [1.807, 2.05) is 6.07 Å². The number of benzene rings is 2. The second kappa shape index (κ2) is 7.66. The van der Waals surface area contributed by atoms with E-state index in [0.29, 0.717) is 28.2 Å². The van der Waals surface area contributed by atoms with Gasteiger partial charge in [0.1, 0.15) is 5.82 Å². The molecule has 0 saturated heterocycles. The number of ketones is 1. The van der Waals surface area contributed by atoms with Crippen LogP contribution in [-0.4, -0.2) is 20.6 Å². The molecule has 132 valence electrons. The zero-order valence-corrected chi connectivity index (χ0v) is 15.0. The quantitative estimate of drug-likeness (QED) is 0.285. The van der Waals surface area contributed by atoms with Gasteiger partial charge in [-0.2, -0.15) is 0 Å². The van der Waals surface area contributed by atoms with Crippen LogP contribution in [0.1, 0.15) is 17.3 Å². The van der Waals surface area contributed by atoms with Crippen LogP contribution in [0.3, 0.4) is 0 Å². The molecule has 1 heterocycles. The number of carbonyl (C=O) groups excluding carboxylic acids is 1. The fraction of sp³-hybridized carbons (Fsp3) is 0.150.